The Bertz CT molecular complexity index is 1350. The summed E-state index contributed by atoms with van der Waals surface area (Å²) >= 11 is 0. The van der Waals surface area contributed by atoms with E-state index in [9.17, 15) is 17.6 Å². The van der Waals surface area contributed by atoms with Gasteiger partial charge in [0.2, 0.25) is 10.0 Å². The largest absolute Gasteiger partial charge is 0.336 e. The van der Waals surface area contributed by atoms with Crippen LogP contribution in [0.4, 0.5) is 4.39 Å². The number of fused-ring (bicyclic) bond motifs is 2. The Morgan fingerprint density at radius 3 is 2.52 bits per heavy atom. The molecule has 172 valence electrons. The van der Waals surface area contributed by atoms with Crippen LogP contribution in [-0.4, -0.2) is 54.7 Å². The Kier molecular flexibility index (Phi) is 5.66. The third-order valence-corrected chi connectivity index (χ3v) is 8.49. The summed E-state index contributed by atoms with van der Waals surface area (Å²) in [5, 5.41) is 0.871. The third kappa shape index (κ3) is 4.02. The quantitative estimate of drug-likeness (QED) is 0.589. The number of amides is 1. The predicted octanol–water partition coefficient (Wildman–Crippen LogP) is 3.71. The molecular weight excluding hydrogens is 441 g/mol. The van der Waals surface area contributed by atoms with E-state index < -0.39 is 15.8 Å². The van der Waals surface area contributed by atoms with Crippen molar-refractivity contribution < 1.29 is 17.6 Å². The van der Waals surface area contributed by atoms with Crippen molar-refractivity contribution in [1.82, 2.24) is 14.2 Å². The van der Waals surface area contributed by atoms with Gasteiger partial charge in [0.05, 0.1) is 16.0 Å². The molecule has 2 heterocycles. The number of aryl methyl sites for hydroxylation is 2. The van der Waals surface area contributed by atoms with Crippen LogP contribution in [0.25, 0.3) is 10.9 Å². The Hall–Kier alpha value is -2.84. The van der Waals surface area contributed by atoms with Gasteiger partial charge in [-0.2, -0.15) is 4.31 Å². The standard InChI is InChI=1S/C25H26FN3O3S/c1-17-9-10-23-21(15-17)24(20-7-2-3-8-22(20)27-23)25(30)28-11-13-29(14-12-28)33(31,32)19-6-4-5-18(26)16-19/h4-6,9-10,15-16H,2-3,7-8,11-14H2,1H3. The first-order chi connectivity index (χ1) is 15.8. The van der Waals surface area contributed by atoms with Gasteiger partial charge in [0, 0.05) is 37.3 Å². The van der Waals surface area contributed by atoms with Crippen LogP contribution in [0.15, 0.2) is 47.4 Å². The molecule has 8 heteroatoms. The molecule has 0 saturated carbocycles. The molecule has 0 spiro atoms. The lowest BCUT2D eigenvalue weighted by Gasteiger charge is -2.35. The second-order valence-electron chi connectivity index (χ2n) is 8.79. The van der Waals surface area contributed by atoms with Gasteiger partial charge in [-0.15, -0.1) is 0 Å². The van der Waals surface area contributed by atoms with Crippen LogP contribution in [0.2, 0.25) is 0 Å². The highest BCUT2D eigenvalue weighted by Crippen LogP contribution is 2.31. The minimum absolute atomic E-state index is 0.0612. The fourth-order valence-corrected chi connectivity index (χ4v) is 6.30. The van der Waals surface area contributed by atoms with E-state index in [2.05, 4.69) is 0 Å². The van der Waals surface area contributed by atoms with Gasteiger partial charge in [0.25, 0.3) is 5.91 Å². The number of sulfonamides is 1. The molecule has 1 aliphatic heterocycles. The molecule has 2 aromatic carbocycles. The molecule has 3 aromatic rings. The average Bonchev–Trinajstić information content (AvgIpc) is 2.82. The van der Waals surface area contributed by atoms with E-state index in [4.69, 9.17) is 4.98 Å². The molecule has 0 bridgehead atoms. The highest BCUT2D eigenvalue weighted by atomic mass is 32.2. The van der Waals surface area contributed by atoms with Gasteiger partial charge in [-0.3, -0.25) is 9.78 Å². The van der Waals surface area contributed by atoms with Crippen molar-refractivity contribution in [3.05, 3.63) is 70.7 Å². The average molecular weight is 468 g/mol. The number of carbonyl (C=O) groups is 1. The highest BCUT2D eigenvalue weighted by Gasteiger charge is 2.32. The lowest BCUT2D eigenvalue weighted by molar-refractivity contribution is 0.0698. The molecule has 6 nitrogen and oxygen atoms in total. The zero-order chi connectivity index (χ0) is 23.2. The zero-order valence-electron chi connectivity index (χ0n) is 18.6. The number of nitrogens with zero attached hydrogens (tertiary/aromatic N) is 3. The predicted molar refractivity (Wildman–Crippen MR) is 124 cm³/mol. The van der Waals surface area contributed by atoms with Gasteiger partial charge in [-0.05, 0) is 68.5 Å². The molecule has 0 N–H and O–H groups in total. The summed E-state index contributed by atoms with van der Waals surface area (Å²) in [6.45, 7) is 2.93. The summed E-state index contributed by atoms with van der Waals surface area (Å²) in [6.07, 6.45) is 3.81. The number of rotatable bonds is 3. The maximum atomic E-state index is 13.7. The topological polar surface area (TPSA) is 70.6 Å². The Balaban J connectivity index is 1.43. The molecule has 5 rings (SSSR count). The van der Waals surface area contributed by atoms with Crippen LogP contribution in [0.1, 0.15) is 40.0 Å². The molecule has 1 fully saturated rings. The number of aromatic nitrogens is 1. The van der Waals surface area contributed by atoms with E-state index >= 15 is 0 Å². The van der Waals surface area contributed by atoms with E-state index in [1.807, 2.05) is 25.1 Å². The van der Waals surface area contributed by atoms with E-state index in [1.54, 1.807) is 4.90 Å². The number of benzene rings is 2. The first-order valence-corrected chi connectivity index (χ1v) is 12.8. The van der Waals surface area contributed by atoms with Gasteiger partial charge < -0.3 is 4.90 Å². The number of halogens is 1. The summed E-state index contributed by atoms with van der Waals surface area (Å²) in [4.78, 5) is 20.3. The van der Waals surface area contributed by atoms with Crippen molar-refractivity contribution in [2.24, 2.45) is 0 Å². The first kappa shape index (κ1) is 22.0. The van der Waals surface area contributed by atoms with Crippen molar-refractivity contribution in [3.8, 4) is 0 Å². The molecule has 1 aromatic heterocycles. The Labute approximate surface area is 193 Å². The summed E-state index contributed by atoms with van der Waals surface area (Å²) in [7, 11) is -3.81. The van der Waals surface area contributed by atoms with Gasteiger partial charge in [0.1, 0.15) is 5.82 Å². The normalized spacial score (nSPS) is 17.2. The lowest BCUT2D eigenvalue weighted by Crippen LogP contribution is -2.50. The fraction of sp³-hybridized carbons (Fsp3) is 0.360. The fourth-order valence-electron chi connectivity index (χ4n) is 4.85. The van der Waals surface area contributed by atoms with Crippen LogP contribution in [0.5, 0.6) is 0 Å². The van der Waals surface area contributed by atoms with Crippen molar-refractivity contribution >= 4 is 26.8 Å². The molecule has 33 heavy (non-hydrogen) atoms. The number of hydrogen-bond donors (Lipinski definition) is 0. The summed E-state index contributed by atoms with van der Waals surface area (Å²) in [5.74, 6) is -0.650. The van der Waals surface area contributed by atoms with Crippen molar-refractivity contribution in [1.29, 1.82) is 0 Å². The molecule has 1 aliphatic carbocycles. The summed E-state index contributed by atoms with van der Waals surface area (Å²) in [5.41, 5.74) is 4.67. The molecular formula is C25H26FN3O3S. The van der Waals surface area contributed by atoms with E-state index in [0.29, 0.717) is 0 Å². The van der Waals surface area contributed by atoms with Crippen LogP contribution < -0.4 is 0 Å². The van der Waals surface area contributed by atoms with E-state index in [-0.39, 0.29) is 37.0 Å². The first-order valence-electron chi connectivity index (χ1n) is 11.3. The molecule has 2 aliphatic rings. The van der Waals surface area contributed by atoms with Crippen LogP contribution >= 0.6 is 0 Å². The smallest absolute Gasteiger partial charge is 0.254 e. The molecule has 1 amide bonds. The second-order valence-corrected chi connectivity index (χ2v) is 10.7. The van der Waals surface area contributed by atoms with Crippen molar-refractivity contribution in [2.45, 2.75) is 37.5 Å². The monoisotopic (exact) mass is 467 g/mol. The molecule has 0 radical (unpaired) electrons. The maximum absolute atomic E-state index is 13.7. The maximum Gasteiger partial charge on any atom is 0.254 e. The van der Waals surface area contributed by atoms with E-state index in [1.165, 1.54) is 22.5 Å². The number of piperazine rings is 1. The second kappa shape index (κ2) is 8.50. The number of hydrogen-bond acceptors (Lipinski definition) is 4. The van der Waals surface area contributed by atoms with Gasteiger partial charge in [-0.1, -0.05) is 17.7 Å². The van der Waals surface area contributed by atoms with Crippen LogP contribution in [0, 0.1) is 12.7 Å². The highest BCUT2D eigenvalue weighted by molar-refractivity contribution is 7.89. The summed E-state index contributed by atoms with van der Waals surface area (Å²) < 4.78 is 40.8. The third-order valence-electron chi connectivity index (χ3n) is 6.59. The number of pyridine rings is 1. The zero-order valence-corrected chi connectivity index (χ0v) is 19.4. The molecule has 1 saturated heterocycles. The van der Waals surface area contributed by atoms with Crippen LogP contribution in [-0.2, 0) is 22.9 Å². The Morgan fingerprint density at radius 2 is 1.76 bits per heavy atom. The molecule has 0 atom stereocenters. The van der Waals surface area contributed by atoms with Crippen molar-refractivity contribution in [3.63, 3.8) is 0 Å². The lowest BCUT2D eigenvalue weighted by atomic mass is 9.89. The van der Waals surface area contributed by atoms with Gasteiger partial charge in [-0.25, -0.2) is 12.8 Å². The minimum Gasteiger partial charge on any atom is -0.336 e. The number of carbonyl (C=O) groups excluding carboxylic acids is 1. The van der Waals surface area contributed by atoms with Crippen molar-refractivity contribution in [2.75, 3.05) is 26.2 Å². The summed E-state index contributed by atoms with van der Waals surface area (Å²) in [6, 6.07) is 11.0. The minimum atomic E-state index is -3.81. The van der Waals surface area contributed by atoms with Gasteiger partial charge >= 0.3 is 0 Å². The Morgan fingerprint density at radius 1 is 1.00 bits per heavy atom. The molecule has 0 unspecified atom stereocenters. The van der Waals surface area contributed by atoms with Gasteiger partial charge in [0.15, 0.2) is 0 Å². The van der Waals surface area contributed by atoms with Crippen LogP contribution in [0.3, 0.4) is 0 Å². The SMILES string of the molecule is Cc1ccc2nc3c(c(C(=O)N4CCN(S(=O)(=O)c5cccc(F)c5)CC4)c2c1)CCCC3. The van der Waals surface area contributed by atoms with E-state index in [0.717, 1.165) is 65.0 Å².